The smallest absolute Gasteiger partial charge is 0.246 e. The molecular weight excluding hydrogens is 259 g/mol. The molecular formula is C15H19FN2O2. The fourth-order valence-corrected chi connectivity index (χ4v) is 2.32. The summed E-state index contributed by atoms with van der Waals surface area (Å²) < 4.78 is 13.4. The van der Waals surface area contributed by atoms with Crippen molar-refractivity contribution < 1.29 is 14.0 Å². The maximum Gasteiger partial charge on any atom is 0.246 e. The number of nitrogens with zero attached hydrogens (tertiary/aromatic N) is 1. The van der Waals surface area contributed by atoms with Gasteiger partial charge in [0.05, 0.1) is 0 Å². The minimum Gasteiger partial charge on any atom is -0.343 e. The van der Waals surface area contributed by atoms with Crippen LogP contribution in [0.1, 0.15) is 31.9 Å². The Morgan fingerprint density at radius 3 is 2.65 bits per heavy atom. The van der Waals surface area contributed by atoms with Crippen LogP contribution in [0.4, 0.5) is 4.39 Å². The van der Waals surface area contributed by atoms with Gasteiger partial charge in [-0.2, -0.15) is 0 Å². The fourth-order valence-electron chi connectivity index (χ4n) is 2.32. The molecule has 1 N–H and O–H groups in total. The first kappa shape index (κ1) is 14.5. The number of aryl methyl sites for hydroxylation is 1. The van der Waals surface area contributed by atoms with E-state index in [1.807, 2.05) is 6.92 Å². The summed E-state index contributed by atoms with van der Waals surface area (Å²) in [5, 5.41) is 2.66. The predicted octanol–water partition coefficient (Wildman–Crippen LogP) is 1.76. The van der Waals surface area contributed by atoms with Crippen molar-refractivity contribution in [1.29, 1.82) is 0 Å². The zero-order valence-corrected chi connectivity index (χ0v) is 12.2. The van der Waals surface area contributed by atoms with E-state index in [2.05, 4.69) is 5.32 Å². The summed E-state index contributed by atoms with van der Waals surface area (Å²) in [6, 6.07) is 3.92. The second-order valence-corrected chi connectivity index (χ2v) is 5.75. The first-order chi connectivity index (χ1) is 9.23. The molecule has 1 aliphatic heterocycles. The quantitative estimate of drug-likeness (QED) is 0.896. The Labute approximate surface area is 118 Å². The van der Waals surface area contributed by atoms with E-state index in [-0.39, 0.29) is 24.2 Å². The Morgan fingerprint density at radius 1 is 1.35 bits per heavy atom. The number of amides is 2. The highest BCUT2D eigenvalue weighted by Gasteiger charge is 2.44. The van der Waals surface area contributed by atoms with Crippen LogP contribution in [0.3, 0.4) is 0 Å². The third kappa shape index (κ3) is 2.40. The van der Waals surface area contributed by atoms with Crippen LogP contribution in [0.15, 0.2) is 18.2 Å². The zero-order valence-electron chi connectivity index (χ0n) is 12.2. The van der Waals surface area contributed by atoms with E-state index >= 15 is 0 Å². The molecule has 2 rings (SSSR count). The van der Waals surface area contributed by atoms with E-state index in [1.54, 1.807) is 26.8 Å². The second kappa shape index (κ2) is 4.89. The highest BCUT2D eigenvalue weighted by atomic mass is 19.1. The standard InChI is InChI=1S/C15H19FN2O2/c1-9-5-6-12(16)7-11(9)8-18-13(19)10(2)17-14(20)15(18,3)4/h5-7,10H,8H2,1-4H3,(H,17,20). The number of benzene rings is 1. The average Bonchev–Trinajstić information content (AvgIpc) is 2.37. The van der Waals surface area contributed by atoms with Gasteiger partial charge in [0.1, 0.15) is 17.4 Å². The number of piperazine rings is 1. The molecule has 1 heterocycles. The molecule has 1 unspecified atom stereocenters. The van der Waals surface area contributed by atoms with Gasteiger partial charge in [0, 0.05) is 6.54 Å². The van der Waals surface area contributed by atoms with Crippen molar-refractivity contribution in [1.82, 2.24) is 10.2 Å². The van der Waals surface area contributed by atoms with Gasteiger partial charge in [-0.1, -0.05) is 6.07 Å². The summed E-state index contributed by atoms with van der Waals surface area (Å²) in [6.45, 7) is 7.13. The SMILES string of the molecule is Cc1ccc(F)cc1CN1C(=O)C(C)NC(=O)C1(C)C. The molecule has 0 aromatic heterocycles. The Kier molecular flexibility index (Phi) is 3.54. The molecule has 1 aliphatic rings. The largest absolute Gasteiger partial charge is 0.343 e. The average molecular weight is 278 g/mol. The van der Waals surface area contributed by atoms with E-state index in [0.717, 1.165) is 5.56 Å². The van der Waals surface area contributed by atoms with Crippen LogP contribution in [0.5, 0.6) is 0 Å². The van der Waals surface area contributed by atoms with Gasteiger partial charge in [0.15, 0.2) is 0 Å². The molecule has 2 amide bonds. The van der Waals surface area contributed by atoms with Crippen LogP contribution < -0.4 is 5.32 Å². The zero-order chi connectivity index (χ0) is 15.1. The van der Waals surface area contributed by atoms with Gasteiger partial charge in [0.2, 0.25) is 11.8 Å². The van der Waals surface area contributed by atoms with Crippen molar-refractivity contribution in [3.05, 3.63) is 35.1 Å². The topological polar surface area (TPSA) is 49.4 Å². The summed E-state index contributed by atoms with van der Waals surface area (Å²) in [7, 11) is 0. The lowest BCUT2D eigenvalue weighted by Gasteiger charge is -2.43. The van der Waals surface area contributed by atoms with Gasteiger partial charge in [-0.25, -0.2) is 4.39 Å². The van der Waals surface area contributed by atoms with Crippen LogP contribution in [-0.2, 0) is 16.1 Å². The molecule has 4 nitrogen and oxygen atoms in total. The molecule has 0 radical (unpaired) electrons. The highest BCUT2D eigenvalue weighted by molar-refractivity contribution is 5.99. The number of nitrogens with one attached hydrogen (secondary N) is 1. The van der Waals surface area contributed by atoms with E-state index < -0.39 is 11.6 Å². The lowest BCUT2D eigenvalue weighted by Crippen LogP contribution is -2.67. The monoisotopic (exact) mass is 278 g/mol. The van der Waals surface area contributed by atoms with Crippen LogP contribution in [0.25, 0.3) is 0 Å². The van der Waals surface area contributed by atoms with Gasteiger partial charge in [-0.3, -0.25) is 9.59 Å². The van der Waals surface area contributed by atoms with Gasteiger partial charge >= 0.3 is 0 Å². The maximum atomic E-state index is 13.4. The van der Waals surface area contributed by atoms with Gasteiger partial charge in [0.25, 0.3) is 0 Å². The number of carbonyl (C=O) groups excluding carboxylic acids is 2. The molecule has 5 heteroatoms. The summed E-state index contributed by atoms with van der Waals surface area (Å²) in [5.74, 6) is -0.692. The number of rotatable bonds is 2. The van der Waals surface area contributed by atoms with Gasteiger partial charge in [-0.15, -0.1) is 0 Å². The molecule has 0 saturated carbocycles. The summed E-state index contributed by atoms with van der Waals surface area (Å²) in [5.41, 5.74) is 0.671. The summed E-state index contributed by atoms with van der Waals surface area (Å²) in [6.07, 6.45) is 0. The van der Waals surface area contributed by atoms with Crippen LogP contribution in [-0.4, -0.2) is 28.3 Å². The first-order valence-electron chi connectivity index (χ1n) is 6.61. The molecule has 1 saturated heterocycles. The molecule has 0 aliphatic carbocycles. The molecule has 1 fully saturated rings. The Hall–Kier alpha value is -1.91. The highest BCUT2D eigenvalue weighted by Crippen LogP contribution is 2.25. The van der Waals surface area contributed by atoms with Gasteiger partial charge in [-0.05, 0) is 51.0 Å². The molecule has 20 heavy (non-hydrogen) atoms. The molecule has 108 valence electrons. The minimum atomic E-state index is -0.942. The third-order valence-electron chi connectivity index (χ3n) is 3.85. The fraction of sp³-hybridized carbons (Fsp3) is 0.467. The third-order valence-corrected chi connectivity index (χ3v) is 3.85. The van der Waals surface area contributed by atoms with E-state index in [4.69, 9.17) is 0 Å². The van der Waals surface area contributed by atoms with Crippen LogP contribution in [0, 0.1) is 12.7 Å². The molecule has 1 aromatic rings. The maximum absolute atomic E-state index is 13.4. The normalized spacial score (nSPS) is 21.9. The number of halogens is 1. The van der Waals surface area contributed by atoms with Crippen molar-refractivity contribution >= 4 is 11.8 Å². The first-order valence-corrected chi connectivity index (χ1v) is 6.61. The van der Waals surface area contributed by atoms with Gasteiger partial charge < -0.3 is 10.2 Å². The Balaban J connectivity index is 2.36. The van der Waals surface area contributed by atoms with E-state index in [1.165, 1.54) is 17.0 Å². The lowest BCUT2D eigenvalue weighted by atomic mass is 9.94. The molecule has 0 spiro atoms. The van der Waals surface area contributed by atoms with E-state index in [9.17, 15) is 14.0 Å². The summed E-state index contributed by atoms with van der Waals surface area (Å²) in [4.78, 5) is 25.9. The van der Waals surface area contributed by atoms with Crippen LogP contribution >= 0.6 is 0 Å². The Morgan fingerprint density at radius 2 is 2.00 bits per heavy atom. The second-order valence-electron chi connectivity index (χ2n) is 5.75. The number of hydrogen-bond acceptors (Lipinski definition) is 2. The van der Waals surface area contributed by atoms with E-state index in [0.29, 0.717) is 5.56 Å². The predicted molar refractivity (Wildman–Crippen MR) is 73.4 cm³/mol. The number of hydrogen-bond donors (Lipinski definition) is 1. The Bertz CT molecular complexity index is 569. The van der Waals surface area contributed by atoms with Crippen LogP contribution in [0.2, 0.25) is 0 Å². The molecule has 1 aromatic carbocycles. The van der Waals surface area contributed by atoms with Crippen molar-refractivity contribution in [3.8, 4) is 0 Å². The van der Waals surface area contributed by atoms with Crippen molar-refractivity contribution in [2.24, 2.45) is 0 Å². The molecule has 1 atom stereocenters. The number of carbonyl (C=O) groups is 2. The lowest BCUT2D eigenvalue weighted by molar-refractivity contribution is -0.155. The van der Waals surface area contributed by atoms with Crippen molar-refractivity contribution in [3.63, 3.8) is 0 Å². The molecule has 0 bridgehead atoms. The summed E-state index contributed by atoms with van der Waals surface area (Å²) >= 11 is 0. The minimum absolute atomic E-state index is 0.154. The van der Waals surface area contributed by atoms with Crippen molar-refractivity contribution in [2.75, 3.05) is 0 Å². The van der Waals surface area contributed by atoms with Crippen molar-refractivity contribution in [2.45, 2.75) is 45.8 Å².